The van der Waals surface area contributed by atoms with E-state index in [0.29, 0.717) is 17.1 Å². The molecule has 0 spiro atoms. The van der Waals surface area contributed by atoms with Gasteiger partial charge in [0.2, 0.25) is 0 Å². The van der Waals surface area contributed by atoms with Crippen molar-refractivity contribution in [2.75, 3.05) is 12.0 Å². The Balaban J connectivity index is 1.64. The van der Waals surface area contributed by atoms with Gasteiger partial charge in [0.25, 0.3) is 11.8 Å². The number of urea groups is 1. The Morgan fingerprint density at radius 3 is 2.39 bits per heavy atom. The first-order valence-electron chi connectivity index (χ1n) is 10.9. The van der Waals surface area contributed by atoms with Gasteiger partial charge in [0, 0.05) is 0 Å². The number of imide groups is 2. The number of anilines is 1. The molecule has 1 aliphatic rings. The van der Waals surface area contributed by atoms with E-state index in [-0.39, 0.29) is 27.9 Å². The second kappa shape index (κ2) is 10.4. The van der Waals surface area contributed by atoms with E-state index in [1.165, 1.54) is 24.8 Å². The lowest BCUT2D eigenvalue weighted by molar-refractivity contribution is -0.122. The number of para-hydroxylation sites is 1. The zero-order valence-corrected chi connectivity index (χ0v) is 21.2. The molecule has 0 saturated carbocycles. The van der Waals surface area contributed by atoms with Crippen molar-refractivity contribution < 1.29 is 23.9 Å². The van der Waals surface area contributed by atoms with E-state index in [4.69, 9.17) is 32.7 Å². The van der Waals surface area contributed by atoms with Crippen molar-refractivity contribution in [3.8, 4) is 11.5 Å². The largest absolute Gasteiger partial charge is 0.493 e. The molecule has 0 radical (unpaired) electrons. The molecule has 1 N–H and O–H groups in total. The molecule has 184 valence electrons. The fourth-order valence-electron chi connectivity index (χ4n) is 3.69. The van der Waals surface area contributed by atoms with Crippen LogP contribution in [0.25, 0.3) is 6.08 Å². The molecule has 3 aromatic carbocycles. The van der Waals surface area contributed by atoms with Crippen LogP contribution < -0.4 is 19.7 Å². The van der Waals surface area contributed by atoms with Crippen molar-refractivity contribution in [1.29, 1.82) is 0 Å². The van der Waals surface area contributed by atoms with Crippen molar-refractivity contribution >= 4 is 52.8 Å². The maximum absolute atomic E-state index is 13.1. The smallest absolute Gasteiger partial charge is 0.335 e. The monoisotopic (exact) mass is 524 g/mol. The molecule has 36 heavy (non-hydrogen) atoms. The summed E-state index contributed by atoms with van der Waals surface area (Å²) >= 11 is 12.7. The van der Waals surface area contributed by atoms with Crippen LogP contribution in [0.1, 0.15) is 22.3 Å². The summed E-state index contributed by atoms with van der Waals surface area (Å²) in [5.41, 5.74) is 3.60. The van der Waals surface area contributed by atoms with Crippen LogP contribution in [0.4, 0.5) is 10.5 Å². The van der Waals surface area contributed by atoms with Crippen molar-refractivity contribution in [2.24, 2.45) is 0 Å². The number of amides is 4. The standard InChI is InChI=1S/C27H22Cl2N2O5/c1-15-8-9-17(10-16(15)2)14-36-24-21(29)12-18(13-23(24)35-3)11-19-25(32)30-27(34)31(26(19)33)22-7-5-4-6-20(22)28/h4-13H,14H2,1-3H3,(H,30,32,34)/b19-11+. The lowest BCUT2D eigenvalue weighted by Crippen LogP contribution is -2.54. The van der Waals surface area contributed by atoms with E-state index in [9.17, 15) is 14.4 Å². The molecule has 4 rings (SSSR count). The lowest BCUT2D eigenvalue weighted by atomic mass is 10.1. The highest BCUT2D eigenvalue weighted by Crippen LogP contribution is 2.38. The van der Waals surface area contributed by atoms with Gasteiger partial charge in [-0.1, -0.05) is 53.5 Å². The molecule has 1 aliphatic heterocycles. The van der Waals surface area contributed by atoms with Crippen molar-refractivity contribution in [3.05, 3.63) is 92.5 Å². The number of halogens is 2. The number of nitrogens with zero attached hydrogens (tertiary/aromatic N) is 1. The number of benzene rings is 3. The van der Waals surface area contributed by atoms with Crippen LogP contribution in [0.15, 0.2) is 60.2 Å². The molecule has 0 aliphatic carbocycles. The number of rotatable bonds is 6. The summed E-state index contributed by atoms with van der Waals surface area (Å²) in [5, 5.41) is 2.58. The van der Waals surface area contributed by atoms with Gasteiger partial charge in [0.05, 0.1) is 22.8 Å². The van der Waals surface area contributed by atoms with Crippen molar-refractivity contribution in [1.82, 2.24) is 5.32 Å². The first-order valence-corrected chi connectivity index (χ1v) is 11.7. The van der Waals surface area contributed by atoms with Crippen LogP contribution in [0.2, 0.25) is 10.0 Å². The molecule has 0 aromatic heterocycles. The van der Waals surface area contributed by atoms with Crippen molar-refractivity contribution in [3.63, 3.8) is 0 Å². The van der Waals surface area contributed by atoms with Crippen molar-refractivity contribution in [2.45, 2.75) is 20.5 Å². The Morgan fingerprint density at radius 1 is 0.944 bits per heavy atom. The van der Waals surface area contributed by atoms with E-state index in [1.54, 1.807) is 30.3 Å². The lowest BCUT2D eigenvalue weighted by Gasteiger charge is -2.27. The Bertz CT molecular complexity index is 1420. The zero-order chi connectivity index (χ0) is 26.0. The molecule has 3 aromatic rings. The third-order valence-electron chi connectivity index (χ3n) is 5.71. The minimum absolute atomic E-state index is 0.158. The van der Waals surface area contributed by atoms with Gasteiger partial charge in [0.15, 0.2) is 11.5 Å². The second-order valence-corrected chi connectivity index (χ2v) is 8.97. The predicted octanol–water partition coefficient (Wildman–Crippen LogP) is 5.86. The third kappa shape index (κ3) is 5.08. The Morgan fingerprint density at radius 2 is 1.69 bits per heavy atom. The van der Waals surface area contributed by atoms with E-state index in [2.05, 4.69) is 5.32 Å². The van der Waals surface area contributed by atoms with Gasteiger partial charge < -0.3 is 9.47 Å². The molecule has 0 atom stereocenters. The number of aryl methyl sites for hydroxylation is 2. The van der Waals surface area contributed by atoms with Crippen LogP contribution in [-0.2, 0) is 16.2 Å². The van der Waals surface area contributed by atoms with Gasteiger partial charge in [-0.2, -0.15) is 0 Å². The SMILES string of the molecule is COc1cc(/C=C2\C(=O)NC(=O)N(c3ccccc3Cl)C2=O)cc(Cl)c1OCc1ccc(C)c(C)c1. The molecule has 9 heteroatoms. The molecule has 7 nitrogen and oxygen atoms in total. The first-order chi connectivity index (χ1) is 17.2. The molecular weight excluding hydrogens is 503 g/mol. The van der Waals surface area contributed by atoms with E-state index in [1.807, 2.05) is 32.0 Å². The average molecular weight is 525 g/mol. The predicted molar refractivity (Wildman–Crippen MR) is 139 cm³/mol. The number of hydrogen-bond donors (Lipinski definition) is 1. The molecule has 0 unspecified atom stereocenters. The summed E-state index contributed by atoms with van der Waals surface area (Å²) in [4.78, 5) is 38.9. The maximum atomic E-state index is 13.1. The normalized spacial score (nSPS) is 14.8. The zero-order valence-electron chi connectivity index (χ0n) is 19.7. The van der Waals surface area contributed by atoms with Crippen LogP contribution in [-0.4, -0.2) is 25.0 Å². The average Bonchev–Trinajstić information content (AvgIpc) is 2.84. The Hall–Kier alpha value is -3.81. The highest BCUT2D eigenvalue weighted by atomic mass is 35.5. The fourth-order valence-corrected chi connectivity index (χ4v) is 4.18. The van der Waals surface area contributed by atoms with Gasteiger partial charge in [-0.15, -0.1) is 0 Å². The summed E-state index contributed by atoms with van der Waals surface area (Å²) in [5.74, 6) is -1.01. The fraction of sp³-hybridized carbons (Fsp3) is 0.148. The van der Waals surface area contributed by atoms with E-state index < -0.39 is 17.8 Å². The quantitative estimate of drug-likeness (QED) is 0.322. The van der Waals surface area contributed by atoms with E-state index in [0.717, 1.165) is 16.0 Å². The van der Waals surface area contributed by atoms with Crippen LogP contribution in [0.3, 0.4) is 0 Å². The van der Waals surface area contributed by atoms with Gasteiger partial charge >= 0.3 is 6.03 Å². The third-order valence-corrected chi connectivity index (χ3v) is 6.31. The number of nitrogens with one attached hydrogen (secondary N) is 1. The number of barbiturate groups is 1. The molecule has 4 amide bonds. The highest BCUT2D eigenvalue weighted by molar-refractivity contribution is 6.42. The van der Waals surface area contributed by atoms with Gasteiger partial charge in [-0.05, 0) is 66.4 Å². The molecular formula is C27H22Cl2N2O5. The first kappa shape index (κ1) is 25.3. The minimum Gasteiger partial charge on any atom is -0.493 e. The summed E-state index contributed by atoms with van der Waals surface area (Å²) in [7, 11) is 1.46. The van der Waals surface area contributed by atoms with Gasteiger partial charge in [-0.3, -0.25) is 14.9 Å². The maximum Gasteiger partial charge on any atom is 0.335 e. The molecule has 1 heterocycles. The summed E-state index contributed by atoms with van der Waals surface area (Å²) < 4.78 is 11.4. The summed E-state index contributed by atoms with van der Waals surface area (Å²) in [6.45, 7) is 4.33. The number of carbonyl (C=O) groups is 3. The van der Waals surface area contributed by atoms with Gasteiger partial charge in [0.1, 0.15) is 12.2 Å². The van der Waals surface area contributed by atoms with Crippen LogP contribution >= 0.6 is 23.2 Å². The number of hydrogen-bond acceptors (Lipinski definition) is 5. The topological polar surface area (TPSA) is 84.9 Å². The summed E-state index contributed by atoms with van der Waals surface area (Å²) in [6, 6.07) is 14.6. The molecule has 1 saturated heterocycles. The van der Waals surface area contributed by atoms with Crippen LogP contribution in [0, 0.1) is 13.8 Å². The number of carbonyl (C=O) groups excluding carboxylic acids is 3. The number of ether oxygens (including phenoxy) is 2. The number of methoxy groups -OCH3 is 1. The van der Waals surface area contributed by atoms with E-state index >= 15 is 0 Å². The molecule has 1 fully saturated rings. The minimum atomic E-state index is -0.888. The second-order valence-electron chi connectivity index (χ2n) is 8.15. The highest BCUT2D eigenvalue weighted by Gasteiger charge is 2.37. The van der Waals surface area contributed by atoms with Crippen LogP contribution in [0.5, 0.6) is 11.5 Å². The Labute approximate surface area is 218 Å². The van der Waals surface area contributed by atoms with Gasteiger partial charge in [-0.25, -0.2) is 9.69 Å². The summed E-state index contributed by atoms with van der Waals surface area (Å²) in [6.07, 6.45) is 1.33. The molecule has 0 bridgehead atoms. The Kier molecular flexibility index (Phi) is 7.33.